The average molecular weight is 308 g/mol. The average Bonchev–Trinajstić information content (AvgIpc) is 2.83. The van der Waals surface area contributed by atoms with Crippen molar-refractivity contribution in [3.05, 3.63) is 35.5 Å². The first-order valence-electron chi connectivity index (χ1n) is 6.81. The molecule has 5 heteroatoms. The summed E-state index contributed by atoms with van der Waals surface area (Å²) < 4.78 is 6.76. The molecule has 0 amide bonds. The number of carbonyl (C=O) groups is 2. The Labute approximate surface area is 128 Å². The van der Waals surface area contributed by atoms with E-state index in [1.807, 2.05) is 18.2 Å². The minimum absolute atomic E-state index is 0.107. The van der Waals surface area contributed by atoms with Gasteiger partial charge in [0.25, 0.3) is 0 Å². The highest BCUT2D eigenvalue weighted by Gasteiger charge is 2.37. The monoisotopic (exact) mass is 307 g/mol. The van der Waals surface area contributed by atoms with Crippen LogP contribution in [-0.2, 0) is 20.9 Å². The Hall–Kier alpha value is -1.81. The molecule has 0 aliphatic rings. The summed E-state index contributed by atoms with van der Waals surface area (Å²) in [7, 11) is 0. The van der Waals surface area contributed by atoms with Gasteiger partial charge in [-0.2, -0.15) is 0 Å². The molecule has 4 nitrogen and oxygen atoms in total. The van der Waals surface area contributed by atoms with Crippen LogP contribution in [0.25, 0.3) is 10.9 Å². The fourth-order valence-corrected chi connectivity index (χ4v) is 2.33. The van der Waals surface area contributed by atoms with E-state index in [0.29, 0.717) is 5.02 Å². The quantitative estimate of drug-likeness (QED) is 0.628. The van der Waals surface area contributed by atoms with Crippen LogP contribution in [0.5, 0.6) is 0 Å². The zero-order valence-corrected chi connectivity index (χ0v) is 13.1. The molecule has 0 aliphatic carbocycles. The van der Waals surface area contributed by atoms with Gasteiger partial charge in [-0.3, -0.25) is 9.59 Å². The highest BCUT2D eigenvalue weighted by molar-refractivity contribution is 6.35. The van der Waals surface area contributed by atoms with Crippen LogP contribution in [-0.4, -0.2) is 22.9 Å². The van der Waals surface area contributed by atoms with Gasteiger partial charge in [-0.05, 0) is 39.0 Å². The second-order valence-corrected chi connectivity index (χ2v) is 5.79. The van der Waals surface area contributed by atoms with Crippen LogP contribution < -0.4 is 0 Å². The number of hydrogen-bond donors (Lipinski definition) is 0. The molecule has 0 aliphatic heterocycles. The van der Waals surface area contributed by atoms with E-state index in [-0.39, 0.29) is 18.9 Å². The Balaban J connectivity index is 2.26. The molecule has 0 fully saturated rings. The van der Waals surface area contributed by atoms with Crippen LogP contribution in [0.1, 0.15) is 20.8 Å². The lowest BCUT2D eigenvalue weighted by atomic mass is 9.88. The number of hydrogen-bond acceptors (Lipinski definition) is 3. The molecule has 0 saturated carbocycles. The van der Waals surface area contributed by atoms with E-state index in [4.69, 9.17) is 16.3 Å². The van der Waals surface area contributed by atoms with E-state index in [1.54, 1.807) is 37.6 Å². The number of fused-ring (bicyclic) bond motifs is 1. The molecule has 0 unspecified atom stereocenters. The summed E-state index contributed by atoms with van der Waals surface area (Å²) in [5.41, 5.74) is -0.291. The minimum Gasteiger partial charge on any atom is -0.465 e. The number of halogens is 1. The molecule has 21 heavy (non-hydrogen) atoms. The van der Waals surface area contributed by atoms with Gasteiger partial charge in [0.1, 0.15) is 5.41 Å². The number of ether oxygens (including phenoxy) is 1. The summed E-state index contributed by atoms with van der Waals surface area (Å²) in [6, 6.07) is 7.40. The van der Waals surface area contributed by atoms with E-state index >= 15 is 0 Å². The molecule has 1 aromatic heterocycles. The molecule has 0 N–H and O–H groups in total. The van der Waals surface area contributed by atoms with Crippen molar-refractivity contribution in [1.82, 2.24) is 4.57 Å². The predicted molar refractivity (Wildman–Crippen MR) is 82.4 cm³/mol. The highest BCUT2D eigenvalue weighted by Crippen LogP contribution is 2.26. The van der Waals surface area contributed by atoms with Gasteiger partial charge in [-0.15, -0.1) is 0 Å². The first kappa shape index (κ1) is 15.6. The van der Waals surface area contributed by atoms with Crippen molar-refractivity contribution >= 4 is 34.3 Å². The van der Waals surface area contributed by atoms with Gasteiger partial charge >= 0.3 is 5.97 Å². The Kier molecular flexibility index (Phi) is 4.37. The topological polar surface area (TPSA) is 48.3 Å². The molecule has 0 radical (unpaired) electrons. The van der Waals surface area contributed by atoms with Crippen molar-refractivity contribution in [2.24, 2.45) is 5.41 Å². The summed E-state index contributed by atoms with van der Waals surface area (Å²) in [4.78, 5) is 24.3. The second-order valence-electron chi connectivity index (χ2n) is 5.38. The van der Waals surface area contributed by atoms with Gasteiger partial charge in [0.05, 0.1) is 13.2 Å². The van der Waals surface area contributed by atoms with Crippen LogP contribution in [0, 0.1) is 5.41 Å². The predicted octanol–water partition coefficient (Wildman–Crippen LogP) is 3.45. The molecule has 0 saturated heterocycles. The fraction of sp³-hybridized carbons (Fsp3) is 0.375. The summed E-state index contributed by atoms with van der Waals surface area (Å²) in [6.07, 6.45) is 1.80. The van der Waals surface area contributed by atoms with Gasteiger partial charge in [0.2, 0.25) is 0 Å². The number of aromatic nitrogens is 1. The SMILES string of the molecule is CCOC(=O)C(C)(C)C(=O)Cn1ccc2c(Cl)cccc21. The van der Waals surface area contributed by atoms with Crippen LogP contribution in [0.2, 0.25) is 5.02 Å². The van der Waals surface area contributed by atoms with Crippen molar-refractivity contribution in [2.75, 3.05) is 6.61 Å². The van der Waals surface area contributed by atoms with Crippen LogP contribution in [0.4, 0.5) is 0 Å². The van der Waals surface area contributed by atoms with E-state index in [2.05, 4.69) is 0 Å². The van der Waals surface area contributed by atoms with Crippen molar-refractivity contribution in [1.29, 1.82) is 0 Å². The summed E-state index contributed by atoms with van der Waals surface area (Å²) in [5.74, 6) is -0.692. The Morgan fingerprint density at radius 1 is 1.29 bits per heavy atom. The maximum absolute atomic E-state index is 12.4. The molecule has 2 aromatic rings. The third-order valence-electron chi connectivity index (χ3n) is 3.56. The summed E-state index contributed by atoms with van der Waals surface area (Å²) in [6.45, 7) is 5.27. The van der Waals surface area contributed by atoms with Gasteiger partial charge in [-0.25, -0.2) is 0 Å². The first-order valence-corrected chi connectivity index (χ1v) is 7.19. The molecular weight excluding hydrogens is 290 g/mol. The fourth-order valence-electron chi connectivity index (χ4n) is 2.10. The van der Waals surface area contributed by atoms with E-state index in [1.165, 1.54) is 0 Å². The van der Waals surface area contributed by atoms with E-state index < -0.39 is 11.4 Å². The third kappa shape index (κ3) is 2.95. The molecule has 0 atom stereocenters. The number of ketones is 1. The molecular formula is C16H18ClNO3. The lowest BCUT2D eigenvalue weighted by Crippen LogP contribution is -2.37. The molecule has 0 bridgehead atoms. The van der Waals surface area contributed by atoms with Crippen molar-refractivity contribution in [2.45, 2.75) is 27.3 Å². The summed E-state index contributed by atoms with van der Waals surface area (Å²) >= 11 is 6.12. The Bertz CT molecular complexity index is 688. The molecule has 2 rings (SSSR count). The Morgan fingerprint density at radius 2 is 2.00 bits per heavy atom. The van der Waals surface area contributed by atoms with Crippen molar-refractivity contribution < 1.29 is 14.3 Å². The van der Waals surface area contributed by atoms with Gasteiger partial charge in [0.15, 0.2) is 5.78 Å². The molecule has 0 spiro atoms. The lowest BCUT2D eigenvalue weighted by molar-refractivity contribution is -0.158. The van der Waals surface area contributed by atoms with Gasteiger partial charge in [-0.1, -0.05) is 17.7 Å². The number of esters is 1. The van der Waals surface area contributed by atoms with E-state index in [9.17, 15) is 9.59 Å². The first-order chi connectivity index (χ1) is 9.87. The van der Waals surface area contributed by atoms with Crippen LogP contribution in [0.3, 0.4) is 0 Å². The van der Waals surface area contributed by atoms with Crippen LogP contribution in [0.15, 0.2) is 30.5 Å². The van der Waals surface area contributed by atoms with Crippen molar-refractivity contribution in [3.8, 4) is 0 Å². The minimum atomic E-state index is -1.16. The van der Waals surface area contributed by atoms with Crippen LogP contribution >= 0.6 is 11.6 Å². The molecule has 1 aromatic carbocycles. The van der Waals surface area contributed by atoms with Crippen molar-refractivity contribution in [3.63, 3.8) is 0 Å². The summed E-state index contributed by atoms with van der Waals surface area (Å²) in [5, 5.41) is 1.53. The third-order valence-corrected chi connectivity index (χ3v) is 3.89. The zero-order chi connectivity index (χ0) is 15.6. The number of rotatable bonds is 5. The number of benzene rings is 1. The maximum Gasteiger partial charge on any atom is 0.319 e. The van der Waals surface area contributed by atoms with Gasteiger partial charge < -0.3 is 9.30 Å². The Morgan fingerprint density at radius 3 is 2.67 bits per heavy atom. The number of Topliss-reactive ketones (excluding diaryl/α,β-unsaturated/α-hetero) is 1. The number of nitrogens with zero attached hydrogens (tertiary/aromatic N) is 1. The second kappa shape index (κ2) is 5.90. The largest absolute Gasteiger partial charge is 0.465 e. The number of carbonyl (C=O) groups excluding carboxylic acids is 2. The van der Waals surface area contributed by atoms with Gasteiger partial charge in [0, 0.05) is 22.1 Å². The molecule has 112 valence electrons. The normalized spacial score (nSPS) is 11.6. The highest BCUT2D eigenvalue weighted by atomic mass is 35.5. The molecule has 1 heterocycles. The standard InChI is InChI=1S/C16H18ClNO3/c1-4-21-15(20)16(2,3)14(19)10-18-9-8-11-12(17)6-5-7-13(11)18/h5-9H,4,10H2,1-3H3. The smallest absolute Gasteiger partial charge is 0.319 e. The van der Waals surface area contributed by atoms with E-state index in [0.717, 1.165) is 10.9 Å². The zero-order valence-electron chi connectivity index (χ0n) is 12.4. The maximum atomic E-state index is 12.4. The lowest BCUT2D eigenvalue weighted by Gasteiger charge is -2.21.